The summed E-state index contributed by atoms with van der Waals surface area (Å²) in [5.74, 6) is 7.87. The molecule has 3 rings (SSSR count). The van der Waals surface area contributed by atoms with Crippen LogP contribution in [0, 0.1) is 5.92 Å². The first kappa shape index (κ1) is 12.2. The van der Waals surface area contributed by atoms with E-state index in [1.165, 1.54) is 19.3 Å². The SMILES string of the molecule is CC1CCCN(c2nc(NN)cn3ccnc23)CC1. The van der Waals surface area contributed by atoms with E-state index in [9.17, 15) is 0 Å². The first-order valence-electron chi connectivity index (χ1n) is 6.83. The minimum atomic E-state index is 0.665. The molecule has 0 aromatic carbocycles. The number of nitrogens with one attached hydrogen (secondary N) is 1. The second kappa shape index (κ2) is 5.05. The fourth-order valence-corrected chi connectivity index (χ4v) is 2.67. The van der Waals surface area contributed by atoms with Crippen LogP contribution < -0.4 is 16.2 Å². The molecule has 1 saturated heterocycles. The quantitative estimate of drug-likeness (QED) is 0.634. The van der Waals surface area contributed by atoms with Crippen molar-refractivity contribution in [2.75, 3.05) is 23.4 Å². The molecule has 3 heterocycles. The minimum Gasteiger partial charge on any atom is -0.353 e. The summed E-state index contributed by atoms with van der Waals surface area (Å²) in [7, 11) is 0. The van der Waals surface area contributed by atoms with Gasteiger partial charge in [-0.15, -0.1) is 0 Å². The monoisotopic (exact) mass is 260 g/mol. The Morgan fingerprint density at radius 1 is 1.37 bits per heavy atom. The van der Waals surface area contributed by atoms with E-state index in [1.54, 1.807) is 6.20 Å². The average molecular weight is 260 g/mol. The summed E-state index contributed by atoms with van der Waals surface area (Å²) in [5, 5.41) is 0. The lowest BCUT2D eigenvalue weighted by Gasteiger charge is -2.22. The first-order chi connectivity index (χ1) is 9.28. The number of hydrogen-bond acceptors (Lipinski definition) is 5. The van der Waals surface area contributed by atoms with Crippen molar-refractivity contribution < 1.29 is 0 Å². The van der Waals surface area contributed by atoms with E-state index >= 15 is 0 Å². The third-order valence-corrected chi connectivity index (χ3v) is 3.82. The molecule has 19 heavy (non-hydrogen) atoms. The van der Waals surface area contributed by atoms with Crippen LogP contribution in [-0.2, 0) is 0 Å². The molecule has 1 aliphatic rings. The van der Waals surface area contributed by atoms with Crippen LogP contribution in [0.3, 0.4) is 0 Å². The number of nitrogen functional groups attached to an aromatic ring is 1. The summed E-state index contributed by atoms with van der Waals surface area (Å²) in [6.07, 6.45) is 9.26. The van der Waals surface area contributed by atoms with Gasteiger partial charge < -0.3 is 14.7 Å². The van der Waals surface area contributed by atoms with E-state index in [4.69, 9.17) is 5.84 Å². The van der Waals surface area contributed by atoms with Gasteiger partial charge in [-0.1, -0.05) is 6.92 Å². The van der Waals surface area contributed by atoms with Gasteiger partial charge in [0.25, 0.3) is 0 Å². The van der Waals surface area contributed by atoms with E-state index in [0.29, 0.717) is 5.82 Å². The van der Waals surface area contributed by atoms with Crippen molar-refractivity contribution in [2.45, 2.75) is 26.2 Å². The number of anilines is 2. The Balaban J connectivity index is 2.00. The average Bonchev–Trinajstić information content (AvgIpc) is 2.79. The van der Waals surface area contributed by atoms with Gasteiger partial charge in [0.15, 0.2) is 17.3 Å². The van der Waals surface area contributed by atoms with Crippen LogP contribution in [0.5, 0.6) is 0 Å². The Hall–Kier alpha value is -1.82. The molecule has 1 atom stereocenters. The number of hydrazine groups is 1. The Bertz CT molecular complexity index is 563. The van der Waals surface area contributed by atoms with Crippen molar-refractivity contribution in [1.29, 1.82) is 0 Å². The molecule has 6 heteroatoms. The van der Waals surface area contributed by atoms with Gasteiger partial charge in [-0.2, -0.15) is 0 Å². The van der Waals surface area contributed by atoms with Crippen LogP contribution in [0.2, 0.25) is 0 Å². The predicted octanol–water partition coefficient (Wildman–Crippen LogP) is 1.64. The number of nitrogens with two attached hydrogens (primary N) is 1. The smallest absolute Gasteiger partial charge is 0.180 e. The van der Waals surface area contributed by atoms with E-state index in [-0.39, 0.29) is 0 Å². The molecule has 1 aliphatic heterocycles. The Kier molecular flexibility index (Phi) is 3.25. The van der Waals surface area contributed by atoms with Gasteiger partial charge in [0, 0.05) is 25.5 Å². The molecule has 0 saturated carbocycles. The minimum absolute atomic E-state index is 0.665. The number of hydrogen-bond donors (Lipinski definition) is 2. The molecule has 0 aliphatic carbocycles. The summed E-state index contributed by atoms with van der Waals surface area (Å²) in [6.45, 7) is 4.39. The van der Waals surface area contributed by atoms with Crippen molar-refractivity contribution in [3.05, 3.63) is 18.6 Å². The number of fused-ring (bicyclic) bond motifs is 1. The van der Waals surface area contributed by atoms with Crippen molar-refractivity contribution in [1.82, 2.24) is 14.4 Å². The summed E-state index contributed by atoms with van der Waals surface area (Å²) in [6, 6.07) is 0. The third-order valence-electron chi connectivity index (χ3n) is 3.82. The Morgan fingerprint density at radius 2 is 2.26 bits per heavy atom. The van der Waals surface area contributed by atoms with Crippen molar-refractivity contribution in [3.63, 3.8) is 0 Å². The molecule has 2 aromatic rings. The van der Waals surface area contributed by atoms with Crippen molar-refractivity contribution in [3.8, 4) is 0 Å². The first-order valence-corrected chi connectivity index (χ1v) is 6.83. The molecule has 1 fully saturated rings. The summed E-state index contributed by atoms with van der Waals surface area (Å²) in [4.78, 5) is 11.3. The summed E-state index contributed by atoms with van der Waals surface area (Å²) >= 11 is 0. The Labute approximate surface area is 112 Å². The van der Waals surface area contributed by atoms with E-state index in [0.717, 1.165) is 30.5 Å². The van der Waals surface area contributed by atoms with Crippen LogP contribution in [0.1, 0.15) is 26.2 Å². The molecular weight excluding hydrogens is 240 g/mol. The molecule has 0 radical (unpaired) electrons. The van der Waals surface area contributed by atoms with Gasteiger partial charge in [0.2, 0.25) is 0 Å². The van der Waals surface area contributed by atoms with Crippen LogP contribution in [0.15, 0.2) is 18.6 Å². The maximum atomic E-state index is 5.50. The molecule has 2 aromatic heterocycles. The fraction of sp³-hybridized carbons (Fsp3) is 0.538. The number of nitrogens with zero attached hydrogens (tertiary/aromatic N) is 4. The molecule has 0 spiro atoms. The van der Waals surface area contributed by atoms with Crippen LogP contribution >= 0.6 is 0 Å². The zero-order valence-corrected chi connectivity index (χ0v) is 11.2. The maximum absolute atomic E-state index is 5.50. The second-order valence-corrected chi connectivity index (χ2v) is 5.28. The molecule has 0 bridgehead atoms. The van der Waals surface area contributed by atoms with Gasteiger partial charge in [-0.25, -0.2) is 15.8 Å². The molecule has 0 amide bonds. The van der Waals surface area contributed by atoms with Gasteiger partial charge in [-0.3, -0.25) is 0 Å². The highest BCUT2D eigenvalue weighted by molar-refractivity contribution is 5.66. The lowest BCUT2D eigenvalue weighted by molar-refractivity contribution is 0.521. The van der Waals surface area contributed by atoms with Crippen LogP contribution in [0.4, 0.5) is 11.6 Å². The molecule has 3 N–H and O–H groups in total. The van der Waals surface area contributed by atoms with E-state index in [1.807, 2.05) is 16.8 Å². The fourth-order valence-electron chi connectivity index (χ4n) is 2.67. The highest BCUT2D eigenvalue weighted by Gasteiger charge is 2.18. The normalized spacial score (nSPS) is 20.5. The van der Waals surface area contributed by atoms with E-state index < -0.39 is 0 Å². The molecule has 6 nitrogen and oxygen atoms in total. The second-order valence-electron chi connectivity index (χ2n) is 5.28. The largest absolute Gasteiger partial charge is 0.353 e. The van der Waals surface area contributed by atoms with Gasteiger partial charge >= 0.3 is 0 Å². The molecule has 102 valence electrons. The van der Waals surface area contributed by atoms with Gasteiger partial charge in [-0.05, 0) is 25.2 Å². The zero-order chi connectivity index (χ0) is 13.2. The van der Waals surface area contributed by atoms with Gasteiger partial charge in [0.1, 0.15) is 0 Å². The van der Waals surface area contributed by atoms with Gasteiger partial charge in [0.05, 0.1) is 6.20 Å². The topological polar surface area (TPSA) is 71.5 Å². The third kappa shape index (κ3) is 2.35. The van der Waals surface area contributed by atoms with E-state index in [2.05, 4.69) is 27.2 Å². The summed E-state index contributed by atoms with van der Waals surface area (Å²) in [5.41, 5.74) is 3.52. The van der Waals surface area contributed by atoms with Crippen molar-refractivity contribution in [2.24, 2.45) is 11.8 Å². The van der Waals surface area contributed by atoms with Crippen LogP contribution in [0.25, 0.3) is 5.65 Å². The van der Waals surface area contributed by atoms with Crippen molar-refractivity contribution >= 4 is 17.3 Å². The highest BCUT2D eigenvalue weighted by atomic mass is 15.3. The highest BCUT2D eigenvalue weighted by Crippen LogP contribution is 2.25. The molecular formula is C13H20N6. The Morgan fingerprint density at radius 3 is 3.11 bits per heavy atom. The maximum Gasteiger partial charge on any atom is 0.180 e. The predicted molar refractivity (Wildman–Crippen MR) is 76.0 cm³/mol. The number of rotatable bonds is 2. The lowest BCUT2D eigenvalue weighted by atomic mass is 10.0. The standard InChI is InChI=1S/C13H20N6/c1-10-3-2-6-18(7-4-10)13-12-15-5-8-19(12)9-11(16-13)17-14/h5,8-10,17H,2-4,6-7,14H2,1H3. The lowest BCUT2D eigenvalue weighted by Crippen LogP contribution is -2.26. The summed E-state index contributed by atoms with van der Waals surface area (Å²) < 4.78 is 1.96. The number of imidazole rings is 1. The van der Waals surface area contributed by atoms with Crippen LogP contribution in [-0.4, -0.2) is 27.5 Å². The zero-order valence-electron chi connectivity index (χ0n) is 11.2. The number of aromatic nitrogens is 3. The molecule has 1 unspecified atom stereocenters.